The molecular formula is C15H34N2. The quantitative estimate of drug-likeness (QED) is 0.588. The van der Waals surface area contributed by atoms with Crippen LogP contribution in [0.4, 0.5) is 0 Å². The Morgan fingerprint density at radius 3 is 2.12 bits per heavy atom. The van der Waals surface area contributed by atoms with Crippen molar-refractivity contribution in [3.63, 3.8) is 0 Å². The highest BCUT2D eigenvalue weighted by atomic mass is 15.2. The average Bonchev–Trinajstić information content (AvgIpc) is 2.31. The molecule has 2 unspecified atom stereocenters. The van der Waals surface area contributed by atoms with Crippen molar-refractivity contribution in [1.29, 1.82) is 0 Å². The molecule has 0 aliphatic heterocycles. The Balaban J connectivity index is 4.37. The molecule has 2 nitrogen and oxygen atoms in total. The number of likely N-dealkylation sites (N-methyl/N-ethyl adjacent to an activating group) is 2. The number of rotatable bonds is 10. The number of hydrogen-bond donors (Lipinski definition) is 1. The molecule has 0 aliphatic rings. The first-order chi connectivity index (χ1) is 8.02. The van der Waals surface area contributed by atoms with Crippen molar-refractivity contribution in [2.45, 2.75) is 77.8 Å². The van der Waals surface area contributed by atoms with Gasteiger partial charge in [0.25, 0.3) is 0 Å². The molecule has 0 aliphatic carbocycles. The zero-order chi connectivity index (χ0) is 13.3. The van der Waals surface area contributed by atoms with E-state index in [2.05, 4.69) is 52.0 Å². The molecule has 2 atom stereocenters. The summed E-state index contributed by atoms with van der Waals surface area (Å²) in [6.07, 6.45) is 7.94. The van der Waals surface area contributed by atoms with Crippen LogP contribution in [-0.4, -0.2) is 37.1 Å². The first-order valence-electron chi connectivity index (χ1n) is 7.43. The standard InChI is InChI=1S/C15H34N2/c1-7-10-11-12-13-14(16-9-3)15(4,8-2)17(5)6/h14,16H,7-13H2,1-6H3. The molecule has 0 radical (unpaired) electrons. The van der Waals surface area contributed by atoms with Crippen LogP contribution in [0.25, 0.3) is 0 Å². The second kappa shape index (κ2) is 8.93. The van der Waals surface area contributed by atoms with Gasteiger partial charge in [-0.15, -0.1) is 0 Å². The number of unbranched alkanes of at least 4 members (excludes halogenated alkanes) is 3. The summed E-state index contributed by atoms with van der Waals surface area (Å²) in [4.78, 5) is 2.39. The first kappa shape index (κ1) is 16.9. The molecule has 2 heteroatoms. The second-order valence-electron chi connectivity index (χ2n) is 5.56. The third-order valence-electron chi connectivity index (χ3n) is 4.29. The van der Waals surface area contributed by atoms with Crippen LogP contribution < -0.4 is 5.32 Å². The van der Waals surface area contributed by atoms with E-state index >= 15 is 0 Å². The van der Waals surface area contributed by atoms with Gasteiger partial charge >= 0.3 is 0 Å². The molecule has 0 aromatic rings. The zero-order valence-electron chi connectivity index (χ0n) is 13.0. The molecule has 0 fully saturated rings. The molecule has 0 aromatic heterocycles. The van der Waals surface area contributed by atoms with Crippen LogP contribution in [0.5, 0.6) is 0 Å². The summed E-state index contributed by atoms with van der Waals surface area (Å²) in [7, 11) is 4.42. The molecule has 0 saturated carbocycles. The third kappa shape index (κ3) is 5.39. The van der Waals surface area contributed by atoms with Crippen molar-refractivity contribution >= 4 is 0 Å². The van der Waals surface area contributed by atoms with E-state index in [1.807, 2.05) is 0 Å². The lowest BCUT2D eigenvalue weighted by Gasteiger charge is -2.43. The van der Waals surface area contributed by atoms with Crippen LogP contribution in [0.15, 0.2) is 0 Å². The van der Waals surface area contributed by atoms with E-state index in [1.54, 1.807) is 0 Å². The molecule has 0 rings (SSSR count). The first-order valence-corrected chi connectivity index (χ1v) is 7.43. The summed E-state index contributed by atoms with van der Waals surface area (Å²) in [5.41, 5.74) is 0.280. The van der Waals surface area contributed by atoms with Crippen LogP contribution in [0.1, 0.15) is 66.2 Å². The van der Waals surface area contributed by atoms with E-state index in [-0.39, 0.29) is 5.54 Å². The van der Waals surface area contributed by atoms with Gasteiger partial charge in [0.15, 0.2) is 0 Å². The fourth-order valence-corrected chi connectivity index (χ4v) is 2.53. The number of hydrogen-bond acceptors (Lipinski definition) is 2. The van der Waals surface area contributed by atoms with Gasteiger partial charge in [-0.1, -0.05) is 46.5 Å². The normalized spacial score (nSPS) is 17.1. The van der Waals surface area contributed by atoms with Crippen molar-refractivity contribution in [3.8, 4) is 0 Å². The zero-order valence-corrected chi connectivity index (χ0v) is 13.0. The fourth-order valence-electron chi connectivity index (χ4n) is 2.53. The number of nitrogens with zero attached hydrogens (tertiary/aromatic N) is 1. The van der Waals surface area contributed by atoms with Gasteiger partial charge in [0.2, 0.25) is 0 Å². The highest BCUT2D eigenvalue weighted by Gasteiger charge is 2.33. The van der Waals surface area contributed by atoms with Crippen molar-refractivity contribution in [2.24, 2.45) is 0 Å². The highest BCUT2D eigenvalue weighted by Crippen LogP contribution is 2.25. The Bertz CT molecular complexity index is 180. The van der Waals surface area contributed by atoms with E-state index in [1.165, 1.54) is 38.5 Å². The summed E-state index contributed by atoms with van der Waals surface area (Å²) < 4.78 is 0. The topological polar surface area (TPSA) is 15.3 Å². The fraction of sp³-hybridized carbons (Fsp3) is 1.00. The summed E-state index contributed by atoms with van der Waals surface area (Å²) in [6.45, 7) is 10.3. The van der Waals surface area contributed by atoms with Crippen LogP contribution in [-0.2, 0) is 0 Å². The summed E-state index contributed by atoms with van der Waals surface area (Å²) in [5, 5.41) is 3.69. The monoisotopic (exact) mass is 242 g/mol. The van der Waals surface area contributed by atoms with Gasteiger partial charge in [0.05, 0.1) is 0 Å². The minimum atomic E-state index is 0.280. The van der Waals surface area contributed by atoms with Gasteiger partial charge < -0.3 is 10.2 Å². The third-order valence-corrected chi connectivity index (χ3v) is 4.29. The van der Waals surface area contributed by atoms with Crippen LogP contribution in [0.2, 0.25) is 0 Å². The Kier molecular flexibility index (Phi) is 8.89. The number of nitrogens with one attached hydrogen (secondary N) is 1. The molecule has 0 heterocycles. The van der Waals surface area contributed by atoms with Crippen molar-refractivity contribution in [2.75, 3.05) is 20.6 Å². The summed E-state index contributed by atoms with van der Waals surface area (Å²) >= 11 is 0. The Hall–Kier alpha value is -0.0800. The van der Waals surface area contributed by atoms with E-state index in [0.717, 1.165) is 6.54 Å². The lowest BCUT2D eigenvalue weighted by molar-refractivity contribution is 0.107. The smallest absolute Gasteiger partial charge is 0.0325 e. The summed E-state index contributed by atoms with van der Waals surface area (Å²) in [6, 6.07) is 0.615. The molecule has 0 saturated heterocycles. The molecule has 17 heavy (non-hydrogen) atoms. The highest BCUT2D eigenvalue weighted by molar-refractivity contribution is 4.93. The maximum absolute atomic E-state index is 3.69. The van der Waals surface area contributed by atoms with Gasteiger partial charge in [-0.05, 0) is 40.4 Å². The van der Waals surface area contributed by atoms with Crippen molar-refractivity contribution < 1.29 is 0 Å². The van der Waals surface area contributed by atoms with Gasteiger partial charge in [0.1, 0.15) is 0 Å². The second-order valence-corrected chi connectivity index (χ2v) is 5.56. The SMILES string of the molecule is CCCCCCC(NCC)C(C)(CC)N(C)C. The summed E-state index contributed by atoms with van der Waals surface area (Å²) in [5.74, 6) is 0. The minimum absolute atomic E-state index is 0.280. The van der Waals surface area contributed by atoms with Gasteiger partial charge in [-0.25, -0.2) is 0 Å². The van der Waals surface area contributed by atoms with Crippen LogP contribution in [0.3, 0.4) is 0 Å². The van der Waals surface area contributed by atoms with Gasteiger partial charge in [-0.2, -0.15) is 0 Å². The molecule has 0 amide bonds. The predicted molar refractivity (Wildman–Crippen MR) is 78.6 cm³/mol. The van der Waals surface area contributed by atoms with Gasteiger partial charge in [0, 0.05) is 11.6 Å². The predicted octanol–water partition coefficient (Wildman–Crippen LogP) is 3.67. The maximum atomic E-state index is 3.69. The van der Waals surface area contributed by atoms with Crippen molar-refractivity contribution in [3.05, 3.63) is 0 Å². The molecule has 0 aromatic carbocycles. The molecule has 104 valence electrons. The lowest BCUT2D eigenvalue weighted by atomic mass is 9.84. The van der Waals surface area contributed by atoms with Crippen LogP contribution >= 0.6 is 0 Å². The maximum Gasteiger partial charge on any atom is 0.0325 e. The molecular weight excluding hydrogens is 208 g/mol. The van der Waals surface area contributed by atoms with Gasteiger partial charge in [-0.3, -0.25) is 0 Å². The van der Waals surface area contributed by atoms with E-state index < -0.39 is 0 Å². The molecule has 1 N–H and O–H groups in total. The minimum Gasteiger partial charge on any atom is -0.312 e. The lowest BCUT2D eigenvalue weighted by Crippen LogP contribution is -2.56. The van der Waals surface area contributed by atoms with Crippen molar-refractivity contribution in [1.82, 2.24) is 10.2 Å². The largest absolute Gasteiger partial charge is 0.312 e. The van der Waals surface area contributed by atoms with Crippen LogP contribution in [0, 0.1) is 0 Å². The Morgan fingerprint density at radius 1 is 1.06 bits per heavy atom. The molecule has 0 spiro atoms. The Morgan fingerprint density at radius 2 is 1.71 bits per heavy atom. The average molecular weight is 242 g/mol. The van der Waals surface area contributed by atoms with E-state index in [9.17, 15) is 0 Å². The Labute approximate surface area is 109 Å². The molecule has 0 bridgehead atoms. The van der Waals surface area contributed by atoms with E-state index in [4.69, 9.17) is 0 Å². The van der Waals surface area contributed by atoms with E-state index in [0.29, 0.717) is 6.04 Å².